The summed E-state index contributed by atoms with van der Waals surface area (Å²) >= 11 is 0. The van der Waals surface area contributed by atoms with E-state index in [1.54, 1.807) is 11.0 Å². The second-order valence-electron chi connectivity index (χ2n) is 10.8. The van der Waals surface area contributed by atoms with Crippen LogP contribution in [-0.4, -0.2) is 59.0 Å². The van der Waals surface area contributed by atoms with Crippen LogP contribution in [0.25, 0.3) is 0 Å². The molecule has 1 N–H and O–H groups in total. The molecule has 2 unspecified atom stereocenters. The minimum absolute atomic E-state index is 0.0296. The number of carbonyl (C=O) groups is 3. The molecule has 208 valence electrons. The molecule has 3 aromatic carbocycles. The van der Waals surface area contributed by atoms with Gasteiger partial charge in [-0.05, 0) is 55.7 Å². The van der Waals surface area contributed by atoms with E-state index in [4.69, 9.17) is 4.74 Å². The Labute approximate surface area is 236 Å². The van der Waals surface area contributed by atoms with Gasteiger partial charge in [-0.25, -0.2) is 0 Å². The van der Waals surface area contributed by atoms with Crippen molar-refractivity contribution in [2.24, 2.45) is 0 Å². The predicted octanol–water partition coefficient (Wildman–Crippen LogP) is 4.91. The Kier molecular flexibility index (Phi) is 8.03. The van der Waals surface area contributed by atoms with Crippen molar-refractivity contribution < 1.29 is 19.1 Å². The van der Waals surface area contributed by atoms with Gasteiger partial charge >= 0.3 is 0 Å². The Balaban J connectivity index is 1.37. The summed E-state index contributed by atoms with van der Waals surface area (Å²) in [5.74, 6) is -0.509. The SMILES string of the molecule is CCc1ccc(C(=O)N2CCC3(CC2)OCC(C(=O)NC(C)c2ccccc2)N3C(=O)c2cccc(C)c2)cc1. The highest BCUT2D eigenvalue weighted by Gasteiger charge is 2.54. The standard InChI is InChI=1S/C33H37N3O4/c1-4-25-13-15-27(16-14-25)31(38)35-19-17-33(18-20-35)36(32(39)28-12-8-9-23(2)21-28)29(22-40-33)30(37)34-24(3)26-10-6-5-7-11-26/h5-16,21,24,29H,4,17-20,22H2,1-3H3,(H,34,37). The van der Waals surface area contributed by atoms with Crippen molar-refractivity contribution in [2.45, 2.75) is 57.8 Å². The number of nitrogens with one attached hydrogen (secondary N) is 1. The predicted molar refractivity (Wildman–Crippen MR) is 154 cm³/mol. The van der Waals surface area contributed by atoms with Crippen LogP contribution in [0.4, 0.5) is 0 Å². The van der Waals surface area contributed by atoms with Crippen LogP contribution < -0.4 is 5.32 Å². The summed E-state index contributed by atoms with van der Waals surface area (Å²) in [6, 6.07) is 23.9. The Hall–Kier alpha value is -3.97. The van der Waals surface area contributed by atoms with Gasteiger partial charge in [-0.15, -0.1) is 0 Å². The zero-order valence-corrected chi connectivity index (χ0v) is 23.4. The number of hydrogen-bond donors (Lipinski definition) is 1. The van der Waals surface area contributed by atoms with Crippen molar-refractivity contribution in [3.63, 3.8) is 0 Å². The third kappa shape index (κ3) is 5.52. The van der Waals surface area contributed by atoms with Gasteiger partial charge < -0.3 is 15.0 Å². The molecule has 7 heteroatoms. The smallest absolute Gasteiger partial charge is 0.256 e. The highest BCUT2D eigenvalue weighted by atomic mass is 16.5. The maximum absolute atomic E-state index is 14.0. The fraction of sp³-hybridized carbons (Fsp3) is 0.364. The number of amides is 3. The largest absolute Gasteiger partial charge is 0.353 e. The molecule has 2 aliphatic heterocycles. The molecule has 0 saturated carbocycles. The molecule has 2 saturated heterocycles. The Bertz CT molecular complexity index is 1360. The van der Waals surface area contributed by atoms with Crippen molar-refractivity contribution in [2.75, 3.05) is 19.7 Å². The van der Waals surface area contributed by atoms with Crippen LogP contribution in [0, 0.1) is 6.92 Å². The molecule has 3 amide bonds. The van der Waals surface area contributed by atoms with Gasteiger partial charge in [0.25, 0.3) is 11.8 Å². The van der Waals surface area contributed by atoms with E-state index >= 15 is 0 Å². The van der Waals surface area contributed by atoms with Gasteiger partial charge in [-0.1, -0.05) is 67.1 Å². The first-order valence-electron chi connectivity index (χ1n) is 14.1. The first-order valence-corrected chi connectivity index (χ1v) is 14.1. The molecule has 40 heavy (non-hydrogen) atoms. The quantitative estimate of drug-likeness (QED) is 0.483. The van der Waals surface area contributed by atoms with E-state index in [9.17, 15) is 14.4 Å². The Morgan fingerprint density at radius 3 is 2.27 bits per heavy atom. The van der Waals surface area contributed by atoms with E-state index in [0.717, 1.165) is 17.5 Å². The van der Waals surface area contributed by atoms with Gasteiger partial charge in [0.15, 0.2) is 0 Å². The lowest BCUT2D eigenvalue weighted by Gasteiger charge is -2.44. The van der Waals surface area contributed by atoms with Crippen molar-refractivity contribution >= 4 is 17.7 Å². The molecular formula is C33H37N3O4. The van der Waals surface area contributed by atoms with E-state index in [0.29, 0.717) is 37.1 Å². The number of piperidine rings is 1. The van der Waals surface area contributed by atoms with E-state index in [2.05, 4.69) is 12.2 Å². The molecule has 2 fully saturated rings. The third-order valence-electron chi connectivity index (χ3n) is 8.15. The molecule has 2 aliphatic rings. The molecule has 5 rings (SSSR count). The summed E-state index contributed by atoms with van der Waals surface area (Å²) in [6.45, 7) is 6.93. The van der Waals surface area contributed by atoms with Crippen LogP contribution in [0.1, 0.15) is 70.1 Å². The average molecular weight is 540 g/mol. The van der Waals surface area contributed by atoms with Crippen LogP contribution >= 0.6 is 0 Å². The fourth-order valence-corrected chi connectivity index (χ4v) is 5.74. The Morgan fingerprint density at radius 1 is 0.925 bits per heavy atom. The number of nitrogens with zero attached hydrogens (tertiary/aromatic N) is 2. The summed E-state index contributed by atoms with van der Waals surface area (Å²) < 4.78 is 6.36. The summed E-state index contributed by atoms with van der Waals surface area (Å²) in [7, 11) is 0. The minimum atomic E-state index is -0.957. The first-order chi connectivity index (χ1) is 19.3. The van der Waals surface area contributed by atoms with Crippen LogP contribution in [0.5, 0.6) is 0 Å². The zero-order chi connectivity index (χ0) is 28.3. The molecular weight excluding hydrogens is 502 g/mol. The number of benzene rings is 3. The zero-order valence-electron chi connectivity index (χ0n) is 23.4. The van der Waals surface area contributed by atoms with Crippen LogP contribution in [0.2, 0.25) is 0 Å². The number of hydrogen-bond acceptors (Lipinski definition) is 4. The Morgan fingerprint density at radius 2 is 1.62 bits per heavy atom. The topological polar surface area (TPSA) is 79.0 Å². The van der Waals surface area contributed by atoms with Crippen molar-refractivity contribution in [3.8, 4) is 0 Å². The number of aryl methyl sites for hydroxylation is 2. The van der Waals surface area contributed by atoms with E-state index in [1.165, 1.54) is 5.56 Å². The van der Waals surface area contributed by atoms with Gasteiger partial charge in [0.1, 0.15) is 11.8 Å². The molecule has 3 aromatic rings. The van der Waals surface area contributed by atoms with Crippen LogP contribution in [-0.2, 0) is 16.0 Å². The average Bonchev–Trinajstić information content (AvgIpc) is 3.35. The molecule has 1 spiro atoms. The number of carbonyl (C=O) groups excluding carboxylic acids is 3. The third-order valence-corrected chi connectivity index (χ3v) is 8.15. The van der Waals surface area contributed by atoms with E-state index in [-0.39, 0.29) is 30.4 Å². The summed E-state index contributed by atoms with van der Waals surface area (Å²) in [5, 5.41) is 3.09. The second-order valence-corrected chi connectivity index (χ2v) is 10.8. The normalized spacial score (nSPS) is 18.9. The van der Waals surface area contributed by atoms with Gasteiger partial charge in [-0.2, -0.15) is 0 Å². The number of ether oxygens (including phenoxy) is 1. The minimum Gasteiger partial charge on any atom is -0.353 e. The van der Waals surface area contributed by atoms with Crippen molar-refractivity contribution in [1.82, 2.24) is 15.1 Å². The van der Waals surface area contributed by atoms with Gasteiger partial charge in [0.05, 0.1) is 12.6 Å². The lowest BCUT2D eigenvalue weighted by molar-refractivity contribution is -0.128. The van der Waals surface area contributed by atoms with Crippen molar-refractivity contribution in [1.29, 1.82) is 0 Å². The molecule has 0 bridgehead atoms. The molecule has 0 aromatic heterocycles. The van der Waals surface area contributed by atoms with Gasteiger partial charge in [0.2, 0.25) is 5.91 Å². The van der Waals surface area contributed by atoms with Crippen LogP contribution in [0.3, 0.4) is 0 Å². The lowest BCUT2D eigenvalue weighted by atomic mass is 9.95. The van der Waals surface area contributed by atoms with E-state index in [1.807, 2.05) is 91.5 Å². The maximum Gasteiger partial charge on any atom is 0.256 e. The summed E-state index contributed by atoms with van der Waals surface area (Å²) in [6.07, 6.45) is 1.78. The highest BCUT2D eigenvalue weighted by molar-refractivity contribution is 5.99. The molecule has 0 aliphatic carbocycles. The molecule has 2 atom stereocenters. The first kappa shape index (κ1) is 27.6. The monoisotopic (exact) mass is 539 g/mol. The lowest BCUT2D eigenvalue weighted by Crippen LogP contribution is -2.60. The van der Waals surface area contributed by atoms with Gasteiger partial charge in [-0.3, -0.25) is 19.3 Å². The molecule has 0 radical (unpaired) electrons. The van der Waals surface area contributed by atoms with Crippen LogP contribution in [0.15, 0.2) is 78.9 Å². The number of rotatable bonds is 6. The maximum atomic E-state index is 14.0. The summed E-state index contributed by atoms with van der Waals surface area (Å²) in [4.78, 5) is 44.4. The van der Waals surface area contributed by atoms with Gasteiger partial charge in [0, 0.05) is 37.1 Å². The number of likely N-dealkylation sites (tertiary alicyclic amines) is 1. The highest BCUT2D eigenvalue weighted by Crippen LogP contribution is 2.39. The van der Waals surface area contributed by atoms with Crippen molar-refractivity contribution in [3.05, 3.63) is 107 Å². The fourth-order valence-electron chi connectivity index (χ4n) is 5.74. The second kappa shape index (κ2) is 11.6. The van der Waals surface area contributed by atoms with E-state index < -0.39 is 11.8 Å². The molecule has 7 nitrogen and oxygen atoms in total. The summed E-state index contributed by atoms with van der Waals surface area (Å²) in [5.41, 5.74) is 3.35. The molecule has 2 heterocycles.